The number of carbonyl (C=O) groups excluding carboxylic acids is 1. The zero-order chi connectivity index (χ0) is 26.0. The molecule has 208 valence electrons. The molecule has 0 bridgehead atoms. The Morgan fingerprint density at radius 2 is 1.92 bits per heavy atom. The van der Waals surface area contributed by atoms with Gasteiger partial charge in [-0.2, -0.15) is 0 Å². The number of fused-ring (bicyclic) bond motifs is 7. The van der Waals surface area contributed by atoms with Crippen LogP contribution < -0.4 is 0 Å². The summed E-state index contributed by atoms with van der Waals surface area (Å²) >= 11 is 0. The Bertz CT molecular complexity index is 902. The molecule has 0 N–H and O–H groups in total. The third-order valence-electron chi connectivity index (χ3n) is 12.6. The van der Waals surface area contributed by atoms with E-state index in [9.17, 15) is 4.79 Å². The average Bonchev–Trinajstić information content (AvgIpc) is 3.31. The molecular weight excluding hydrogens is 460 g/mol. The largest absolute Gasteiger partial charge is 0.462 e. The standard InChI is InChI=1S/C33H52O4/c1-6-7-8-9-29(34)36-24-13-15-31(4)23(18-24)10-11-25-26(31)14-16-32(5)27(25)19-28-30(32)22(3)33(37-28)17-12-21(2)20-35-33/h10,21-22,24-28,30H,6-9,11-20H2,1-5H3/t21-,22-,24-,25+,26-,27-,28+,30-,31-,32-,33+/m0/s1. The van der Waals surface area contributed by atoms with E-state index in [0.29, 0.717) is 35.7 Å². The van der Waals surface area contributed by atoms with Crippen molar-refractivity contribution in [2.75, 3.05) is 6.61 Å². The van der Waals surface area contributed by atoms with Gasteiger partial charge in [-0.05, 0) is 91.8 Å². The van der Waals surface area contributed by atoms with Gasteiger partial charge in [0.25, 0.3) is 0 Å². The molecule has 11 atom stereocenters. The lowest BCUT2D eigenvalue weighted by molar-refractivity contribution is -0.272. The summed E-state index contributed by atoms with van der Waals surface area (Å²) < 4.78 is 19.4. The lowest BCUT2D eigenvalue weighted by Crippen LogP contribution is -2.52. The van der Waals surface area contributed by atoms with Crippen molar-refractivity contribution in [3.05, 3.63) is 11.6 Å². The van der Waals surface area contributed by atoms with Crippen LogP contribution >= 0.6 is 0 Å². The first-order chi connectivity index (χ1) is 17.7. The van der Waals surface area contributed by atoms with Crippen molar-refractivity contribution in [3.63, 3.8) is 0 Å². The Morgan fingerprint density at radius 1 is 1.08 bits per heavy atom. The van der Waals surface area contributed by atoms with E-state index >= 15 is 0 Å². The molecule has 0 aromatic carbocycles. The number of esters is 1. The van der Waals surface area contributed by atoms with Crippen molar-refractivity contribution in [1.82, 2.24) is 0 Å². The molecule has 2 saturated heterocycles. The molecule has 5 fully saturated rings. The molecule has 2 heterocycles. The van der Waals surface area contributed by atoms with Crippen LogP contribution in [-0.2, 0) is 19.0 Å². The van der Waals surface area contributed by atoms with Crippen molar-refractivity contribution in [3.8, 4) is 0 Å². The van der Waals surface area contributed by atoms with Crippen LogP contribution in [-0.4, -0.2) is 30.6 Å². The average molecular weight is 513 g/mol. The van der Waals surface area contributed by atoms with Crippen molar-refractivity contribution in [1.29, 1.82) is 0 Å². The monoisotopic (exact) mass is 512 g/mol. The van der Waals surface area contributed by atoms with Gasteiger partial charge in [-0.25, -0.2) is 0 Å². The number of rotatable bonds is 5. The van der Waals surface area contributed by atoms with E-state index in [1.54, 1.807) is 5.57 Å². The summed E-state index contributed by atoms with van der Waals surface area (Å²) in [5.74, 6) is 3.77. The van der Waals surface area contributed by atoms with E-state index < -0.39 is 0 Å². The Labute approximate surface area is 225 Å². The highest BCUT2D eigenvalue weighted by atomic mass is 16.7. The summed E-state index contributed by atoms with van der Waals surface area (Å²) in [5, 5.41) is 0. The molecule has 2 aliphatic heterocycles. The first-order valence-corrected chi connectivity index (χ1v) is 15.9. The highest BCUT2D eigenvalue weighted by molar-refractivity contribution is 5.69. The summed E-state index contributed by atoms with van der Waals surface area (Å²) in [6.07, 6.45) is 17.4. The molecule has 3 saturated carbocycles. The van der Waals surface area contributed by atoms with Crippen molar-refractivity contribution >= 4 is 5.97 Å². The van der Waals surface area contributed by atoms with Gasteiger partial charge in [0.1, 0.15) is 6.10 Å². The van der Waals surface area contributed by atoms with Crippen LogP contribution in [0.25, 0.3) is 0 Å². The van der Waals surface area contributed by atoms with Crippen LogP contribution in [0.5, 0.6) is 0 Å². The van der Waals surface area contributed by atoms with E-state index in [1.165, 1.54) is 38.5 Å². The smallest absolute Gasteiger partial charge is 0.306 e. The number of hydrogen-bond donors (Lipinski definition) is 0. The third kappa shape index (κ3) is 4.17. The molecule has 37 heavy (non-hydrogen) atoms. The Kier molecular flexibility index (Phi) is 6.87. The highest BCUT2D eigenvalue weighted by Gasteiger charge is 2.68. The van der Waals surface area contributed by atoms with Gasteiger partial charge in [0.05, 0.1) is 12.7 Å². The maximum absolute atomic E-state index is 12.4. The van der Waals surface area contributed by atoms with Crippen LogP contribution in [0.4, 0.5) is 0 Å². The maximum Gasteiger partial charge on any atom is 0.306 e. The van der Waals surface area contributed by atoms with Gasteiger partial charge in [0.15, 0.2) is 5.79 Å². The molecule has 0 aromatic rings. The lowest BCUT2D eigenvalue weighted by atomic mass is 9.47. The zero-order valence-electron chi connectivity index (χ0n) is 24.2. The number of allylic oxidation sites excluding steroid dienone is 1. The Hall–Kier alpha value is -0.870. The molecule has 0 unspecified atom stereocenters. The SMILES string of the molecule is CCCCCC(=O)O[C@H]1CC[C@@]2(C)C(=CC[C@H]3[C@@H]4C[C@H]5O[C@]6(CC[C@H](C)CO6)[C@@H](C)[C@@H]5[C@@]4(C)CC[C@@H]32)C1. The Balaban J connectivity index is 1.15. The van der Waals surface area contributed by atoms with Gasteiger partial charge in [0.2, 0.25) is 0 Å². The maximum atomic E-state index is 12.4. The molecule has 4 heteroatoms. The molecule has 0 amide bonds. The van der Waals surface area contributed by atoms with E-state index in [-0.39, 0.29) is 23.3 Å². The minimum absolute atomic E-state index is 0.0190. The van der Waals surface area contributed by atoms with Gasteiger partial charge in [-0.1, -0.05) is 59.1 Å². The fourth-order valence-electron chi connectivity index (χ4n) is 10.5. The fourth-order valence-corrected chi connectivity index (χ4v) is 10.5. The van der Waals surface area contributed by atoms with Crippen molar-refractivity contribution in [2.45, 2.75) is 136 Å². The molecule has 0 radical (unpaired) electrons. The van der Waals surface area contributed by atoms with E-state index in [2.05, 4.69) is 40.7 Å². The second-order valence-electron chi connectivity index (χ2n) is 14.6. The summed E-state index contributed by atoms with van der Waals surface area (Å²) in [4.78, 5) is 12.4. The second kappa shape index (κ2) is 9.65. The predicted molar refractivity (Wildman–Crippen MR) is 146 cm³/mol. The minimum Gasteiger partial charge on any atom is -0.462 e. The van der Waals surface area contributed by atoms with Crippen molar-refractivity contribution in [2.24, 2.45) is 46.3 Å². The first-order valence-electron chi connectivity index (χ1n) is 15.9. The molecule has 4 aliphatic carbocycles. The van der Waals surface area contributed by atoms with Crippen LogP contribution in [0.3, 0.4) is 0 Å². The summed E-state index contributed by atoms with van der Waals surface area (Å²) in [6.45, 7) is 13.0. The van der Waals surface area contributed by atoms with Gasteiger partial charge < -0.3 is 14.2 Å². The fraction of sp³-hybridized carbons (Fsp3) is 0.909. The summed E-state index contributed by atoms with van der Waals surface area (Å²) in [7, 11) is 0. The predicted octanol–water partition coefficient (Wildman–Crippen LogP) is 7.85. The van der Waals surface area contributed by atoms with Crippen LogP contribution in [0.1, 0.15) is 118 Å². The number of carbonyl (C=O) groups is 1. The Morgan fingerprint density at radius 3 is 2.68 bits per heavy atom. The highest BCUT2D eigenvalue weighted by Crippen LogP contribution is 2.70. The number of hydrogen-bond acceptors (Lipinski definition) is 4. The molecular formula is C33H52O4. The third-order valence-corrected chi connectivity index (χ3v) is 12.6. The molecule has 1 spiro atoms. The summed E-state index contributed by atoms with van der Waals surface area (Å²) in [5.41, 5.74) is 2.25. The number of unbranched alkanes of at least 4 members (excludes halogenated alkanes) is 2. The van der Waals surface area contributed by atoms with Gasteiger partial charge >= 0.3 is 5.97 Å². The van der Waals surface area contributed by atoms with E-state index in [4.69, 9.17) is 14.2 Å². The lowest BCUT2D eigenvalue weighted by Gasteiger charge is -2.58. The first kappa shape index (κ1) is 26.4. The van der Waals surface area contributed by atoms with E-state index in [1.807, 2.05) is 0 Å². The minimum atomic E-state index is -0.315. The van der Waals surface area contributed by atoms with Crippen LogP contribution in [0.15, 0.2) is 11.6 Å². The topological polar surface area (TPSA) is 44.8 Å². The molecule has 0 aromatic heterocycles. The zero-order valence-corrected chi connectivity index (χ0v) is 24.2. The van der Waals surface area contributed by atoms with Crippen LogP contribution in [0.2, 0.25) is 0 Å². The van der Waals surface area contributed by atoms with Crippen molar-refractivity contribution < 1.29 is 19.0 Å². The van der Waals surface area contributed by atoms with Gasteiger partial charge in [0, 0.05) is 25.2 Å². The number of ether oxygens (including phenoxy) is 3. The van der Waals surface area contributed by atoms with Gasteiger partial charge in [-0.15, -0.1) is 0 Å². The molecule has 6 rings (SSSR count). The summed E-state index contributed by atoms with van der Waals surface area (Å²) in [6, 6.07) is 0. The normalized spacial score (nSPS) is 50.6. The molecule has 4 nitrogen and oxygen atoms in total. The second-order valence-corrected chi connectivity index (χ2v) is 14.6. The van der Waals surface area contributed by atoms with E-state index in [0.717, 1.165) is 62.9 Å². The molecule has 6 aliphatic rings. The van der Waals surface area contributed by atoms with Crippen LogP contribution in [0, 0.1) is 46.3 Å². The quantitative estimate of drug-likeness (QED) is 0.214. The van der Waals surface area contributed by atoms with Gasteiger partial charge in [-0.3, -0.25) is 4.79 Å².